The van der Waals surface area contributed by atoms with E-state index >= 15 is 0 Å². The van der Waals surface area contributed by atoms with Crippen LogP contribution in [0.4, 0.5) is 4.79 Å². The molecule has 1 aliphatic rings. The van der Waals surface area contributed by atoms with Crippen molar-refractivity contribution >= 4 is 23.4 Å². The summed E-state index contributed by atoms with van der Waals surface area (Å²) in [6.07, 6.45) is 1.42. The molecule has 1 amide bonds. The molecule has 1 aromatic heterocycles. The first-order valence-corrected chi connectivity index (χ1v) is 16.3. The van der Waals surface area contributed by atoms with Gasteiger partial charge in [0.05, 0.1) is 13.2 Å². The molecule has 1 fully saturated rings. The quantitative estimate of drug-likeness (QED) is 0.182. The molecule has 2 heterocycles. The second-order valence-corrected chi connectivity index (χ2v) is 13.7. The first-order valence-electron chi connectivity index (χ1n) is 15.5. The Bertz CT molecular complexity index is 1540. The van der Waals surface area contributed by atoms with Gasteiger partial charge in [0.2, 0.25) is 5.60 Å². The number of thiophene rings is 1. The van der Waals surface area contributed by atoms with Crippen LogP contribution in [-0.4, -0.2) is 47.4 Å². The van der Waals surface area contributed by atoms with Crippen molar-refractivity contribution < 1.29 is 24.2 Å². The van der Waals surface area contributed by atoms with Gasteiger partial charge < -0.3 is 19.9 Å². The zero-order valence-corrected chi connectivity index (χ0v) is 27.0. The SMILES string of the molecule is CC(C)(C)OC(=O)NCc1ccc(-c2ccc(C(O)(C(=O)OCC3CCN(Cc4ccccc4)CC3)c3ccccc3)cc2)s1. The zero-order chi connectivity index (χ0) is 31.9. The molecule has 0 spiro atoms. The molecular weight excluding hydrogens is 584 g/mol. The van der Waals surface area contributed by atoms with Gasteiger partial charge >= 0.3 is 12.1 Å². The third kappa shape index (κ3) is 8.60. The Hall–Kier alpha value is -3.98. The number of rotatable bonds is 10. The van der Waals surface area contributed by atoms with Crippen LogP contribution in [0.15, 0.2) is 97.1 Å². The average Bonchev–Trinajstić information content (AvgIpc) is 3.52. The minimum Gasteiger partial charge on any atom is -0.463 e. The summed E-state index contributed by atoms with van der Waals surface area (Å²) in [5.74, 6) is -0.416. The van der Waals surface area contributed by atoms with Crippen molar-refractivity contribution in [2.45, 2.75) is 57.9 Å². The van der Waals surface area contributed by atoms with Crippen LogP contribution in [-0.2, 0) is 33.0 Å². The van der Waals surface area contributed by atoms with Gasteiger partial charge in [-0.25, -0.2) is 9.59 Å². The van der Waals surface area contributed by atoms with E-state index in [9.17, 15) is 14.7 Å². The van der Waals surface area contributed by atoms with Gasteiger partial charge in [-0.15, -0.1) is 11.3 Å². The number of hydrogen-bond donors (Lipinski definition) is 2. The van der Waals surface area contributed by atoms with Gasteiger partial charge in [-0.1, -0.05) is 84.9 Å². The monoisotopic (exact) mass is 626 g/mol. The number of hydrogen-bond acceptors (Lipinski definition) is 7. The fourth-order valence-corrected chi connectivity index (χ4v) is 6.46. The Morgan fingerprint density at radius 1 is 0.867 bits per heavy atom. The fraction of sp³-hybridized carbons (Fsp3) is 0.351. The van der Waals surface area contributed by atoms with Crippen LogP contribution in [0.5, 0.6) is 0 Å². The number of nitrogens with zero attached hydrogens (tertiary/aromatic N) is 1. The van der Waals surface area contributed by atoms with Gasteiger partial charge in [0, 0.05) is 16.3 Å². The Morgan fingerprint density at radius 2 is 1.49 bits per heavy atom. The van der Waals surface area contributed by atoms with E-state index in [1.807, 2.05) is 69.3 Å². The van der Waals surface area contributed by atoms with Crippen LogP contribution in [0.1, 0.15) is 55.2 Å². The van der Waals surface area contributed by atoms with E-state index in [0.29, 0.717) is 17.7 Å². The molecule has 8 heteroatoms. The van der Waals surface area contributed by atoms with Crippen molar-refractivity contribution in [3.8, 4) is 10.4 Å². The number of alkyl carbamates (subject to hydrolysis) is 1. The number of amides is 1. The number of esters is 1. The minimum atomic E-state index is -1.94. The molecule has 7 nitrogen and oxygen atoms in total. The summed E-state index contributed by atoms with van der Waals surface area (Å²) in [7, 11) is 0. The average molecular weight is 627 g/mol. The standard InChI is InChI=1S/C37H42N2O5S/c1-36(2,3)44-35(41)38-24-32-18-19-33(45-32)29-14-16-31(17-15-29)37(42,30-12-8-5-9-13-30)34(40)43-26-28-20-22-39(23-21-28)25-27-10-6-4-7-11-27/h4-19,28,42H,20-26H2,1-3H3,(H,38,41). The van der Waals surface area contributed by atoms with Crippen LogP contribution in [0.3, 0.4) is 0 Å². The van der Waals surface area contributed by atoms with E-state index in [1.54, 1.807) is 35.6 Å². The summed E-state index contributed by atoms with van der Waals surface area (Å²) in [4.78, 5) is 30.1. The predicted molar refractivity (Wildman–Crippen MR) is 178 cm³/mol. The number of likely N-dealkylation sites (tertiary alicyclic amines) is 1. The molecule has 1 atom stereocenters. The lowest BCUT2D eigenvalue weighted by Crippen LogP contribution is -2.40. The first kappa shape index (κ1) is 32.4. The van der Waals surface area contributed by atoms with Crippen LogP contribution in [0, 0.1) is 5.92 Å². The Kier molecular flexibility index (Phi) is 10.4. The summed E-state index contributed by atoms with van der Waals surface area (Å²) in [5.41, 5.74) is 0.664. The number of carbonyl (C=O) groups is 2. The highest BCUT2D eigenvalue weighted by Crippen LogP contribution is 2.35. The van der Waals surface area contributed by atoms with Crippen LogP contribution < -0.4 is 5.32 Å². The van der Waals surface area contributed by atoms with Crippen molar-refractivity contribution in [3.63, 3.8) is 0 Å². The van der Waals surface area contributed by atoms with Crippen molar-refractivity contribution in [1.29, 1.82) is 0 Å². The highest BCUT2D eigenvalue weighted by atomic mass is 32.1. The maximum absolute atomic E-state index is 13.7. The number of nitrogens with one attached hydrogen (secondary N) is 1. The highest BCUT2D eigenvalue weighted by molar-refractivity contribution is 7.15. The van der Waals surface area contributed by atoms with E-state index in [4.69, 9.17) is 9.47 Å². The Balaban J connectivity index is 1.22. The molecule has 0 saturated carbocycles. The zero-order valence-electron chi connectivity index (χ0n) is 26.2. The van der Waals surface area contributed by atoms with Crippen molar-refractivity contribution in [1.82, 2.24) is 10.2 Å². The third-order valence-electron chi connectivity index (χ3n) is 7.95. The largest absolute Gasteiger partial charge is 0.463 e. The van der Waals surface area contributed by atoms with E-state index in [2.05, 4.69) is 34.5 Å². The molecule has 3 aromatic carbocycles. The van der Waals surface area contributed by atoms with E-state index in [-0.39, 0.29) is 12.5 Å². The molecule has 1 aliphatic heterocycles. The van der Waals surface area contributed by atoms with E-state index in [1.165, 1.54) is 5.56 Å². The summed E-state index contributed by atoms with van der Waals surface area (Å²) >= 11 is 1.56. The van der Waals surface area contributed by atoms with Gasteiger partial charge in [-0.05, 0) is 87.0 Å². The molecule has 2 N–H and O–H groups in total. The van der Waals surface area contributed by atoms with Gasteiger partial charge in [-0.2, -0.15) is 0 Å². The molecule has 0 bridgehead atoms. The fourth-order valence-electron chi connectivity index (χ4n) is 5.51. The lowest BCUT2D eigenvalue weighted by molar-refractivity contribution is -0.164. The number of carbonyl (C=O) groups excluding carboxylic acids is 2. The maximum atomic E-state index is 13.7. The lowest BCUT2D eigenvalue weighted by Gasteiger charge is -2.33. The molecule has 0 radical (unpaired) electrons. The van der Waals surface area contributed by atoms with E-state index in [0.717, 1.165) is 47.8 Å². The second-order valence-electron chi connectivity index (χ2n) is 12.6. The number of aliphatic hydroxyl groups is 1. The normalized spacial score (nSPS) is 15.6. The van der Waals surface area contributed by atoms with Gasteiger partial charge in [-0.3, -0.25) is 4.90 Å². The molecule has 1 saturated heterocycles. The minimum absolute atomic E-state index is 0.251. The smallest absolute Gasteiger partial charge is 0.407 e. The number of ether oxygens (including phenoxy) is 2. The first-order chi connectivity index (χ1) is 21.6. The van der Waals surface area contributed by atoms with Crippen LogP contribution in [0.25, 0.3) is 10.4 Å². The van der Waals surface area contributed by atoms with Crippen molar-refractivity contribution in [2.75, 3.05) is 19.7 Å². The molecule has 4 aromatic rings. The third-order valence-corrected chi connectivity index (χ3v) is 9.08. The predicted octanol–water partition coefficient (Wildman–Crippen LogP) is 7.13. The molecule has 45 heavy (non-hydrogen) atoms. The van der Waals surface area contributed by atoms with Crippen molar-refractivity contribution in [3.05, 3.63) is 119 Å². The molecule has 1 unspecified atom stereocenters. The summed E-state index contributed by atoms with van der Waals surface area (Å²) < 4.78 is 11.2. The molecule has 0 aliphatic carbocycles. The van der Waals surface area contributed by atoms with Crippen LogP contribution >= 0.6 is 11.3 Å². The van der Waals surface area contributed by atoms with Crippen LogP contribution in [0.2, 0.25) is 0 Å². The van der Waals surface area contributed by atoms with Gasteiger partial charge in [0.15, 0.2) is 0 Å². The number of benzene rings is 3. The summed E-state index contributed by atoms with van der Waals surface area (Å²) in [5, 5.41) is 14.8. The maximum Gasteiger partial charge on any atom is 0.407 e. The summed E-state index contributed by atoms with van der Waals surface area (Å²) in [6.45, 7) is 8.95. The van der Waals surface area contributed by atoms with Crippen molar-refractivity contribution in [2.24, 2.45) is 5.92 Å². The topological polar surface area (TPSA) is 88.1 Å². The van der Waals surface area contributed by atoms with Gasteiger partial charge in [0.25, 0.3) is 0 Å². The van der Waals surface area contributed by atoms with E-state index < -0.39 is 23.3 Å². The highest BCUT2D eigenvalue weighted by Gasteiger charge is 2.42. The second kappa shape index (κ2) is 14.4. The summed E-state index contributed by atoms with van der Waals surface area (Å²) in [6, 6.07) is 30.8. The Labute approximate surface area is 269 Å². The number of piperidine rings is 1. The van der Waals surface area contributed by atoms with Gasteiger partial charge in [0.1, 0.15) is 5.60 Å². The molecule has 5 rings (SSSR count). The molecular formula is C37H42N2O5S. The lowest BCUT2D eigenvalue weighted by atomic mass is 9.85. The molecule has 236 valence electrons. The Morgan fingerprint density at radius 3 is 2.13 bits per heavy atom.